The number of rotatable bonds is 1. The van der Waals surface area contributed by atoms with Gasteiger partial charge in [0.15, 0.2) is 0 Å². The average molecular weight is 290 g/mol. The van der Waals surface area contributed by atoms with Crippen LogP contribution in [0.5, 0.6) is 0 Å². The van der Waals surface area contributed by atoms with Crippen LogP contribution < -0.4 is 0 Å². The SMILES string of the molecule is CC1=CC(c2ccccc2C)=C(C)CC1.Cc1ccccc1. The molecule has 0 fully saturated rings. The predicted octanol–water partition coefficient (Wildman–Crippen LogP) is 6.50. The third kappa shape index (κ3) is 4.46. The van der Waals surface area contributed by atoms with E-state index in [1.54, 1.807) is 0 Å². The Hall–Kier alpha value is -2.08. The maximum absolute atomic E-state index is 2.35. The van der Waals surface area contributed by atoms with Gasteiger partial charge in [0.2, 0.25) is 0 Å². The number of aryl methyl sites for hydroxylation is 2. The van der Waals surface area contributed by atoms with E-state index in [0.29, 0.717) is 0 Å². The topological polar surface area (TPSA) is 0 Å². The van der Waals surface area contributed by atoms with Crippen LogP contribution in [-0.2, 0) is 0 Å². The molecule has 0 radical (unpaired) electrons. The summed E-state index contributed by atoms with van der Waals surface area (Å²) >= 11 is 0. The molecular formula is C22H26. The first-order chi connectivity index (χ1) is 10.6. The van der Waals surface area contributed by atoms with Crippen molar-refractivity contribution in [2.75, 3.05) is 0 Å². The molecule has 3 rings (SSSR count). The molecule has 0 unspecified atom stereocenters. The second-order valence-electron chi connectivity index (χ2n) is 6.15. The lowest BCUT2D eigenvalue weighted by atomic mass is 9.88. The highest BCUT2D eigenvalue weighted by Gasteiger charge is 2.10. The first-order valence-electron chi connectivity index (χ1n) is 8.02. The molecule has 0 aliphatic heterocycles. The maximum atomic E-state index is 2.35. The van der Waals surface area contributed by atoms with Crippen LogP contribution in [-0.4, -0.2) is 0 Å². The van der Waals surface area contributed by atoms with E-state index in [9.17, 15) is 0 Å². The molecule has 0 saturated carbocycles. The van der Waals surface area contributed by atoms with Crippen molar-refractivity contribution in [2.24, 2.45) is 0 Å². The summed E-state index contributed by atoms with van der Waals surface area (Å²) in [5.41, 5.74) is 8.56. The van der Waals surface area contributed by atoms with Crippen molar-refractivity contribution in [3.8, 4) is 0 Å². The van der Waals surface area contributed by atoms with Crippen LogP contribution in [0.4, 0.5) is 0 Å². The standard InChI is InChI=1S/C15H18.C7H8/c1-11-8-9-13(3)15(10-11)14-7-5-4-6-12(14)2;1-7-5-3-2-4-6-7/h4-7,10H,8-9H2,1-3H3;2-6H,1H3. The van der Waals surface area contributed by atoms with Gasteiger partial charge in [0.25, 0.3) is 0 Å². The van der Waals surface area contributed by atoms with Gasteiger partial charge in [-0.2, -0.15) is 0 Å². The van der Waals surface area contributed by atoms with Crippen LogP contribution >= 0.6 is 0 Å². The lowest BCUT2D eigenvalue weighted by molar-refractivity contribution is 0.911. The minimum atomic E-state index is 1.21. The molecule has 0 heteroatoms. The number of allylic oxidation sites excluding steroid dienone is 4. The molecular weight excluding hydrogens is 264 g/mol. The molecule has 1 aliphatic carbocycles. The van der Waals surface area contributed by atoms with E-state index in [-0.39, 0.29) is 0 Å². The highest BCUT2D eigenvalue weighted by Crippen LogP contribution is 2.31. The van der Waals surface area contributed by atoms with Gasteiger partial charge in [-0.25, -0.2) is 0 Å². The quantitative estimate of drug-likeness (QED) is 0.562. The Morgan fingerprint density at radius 2 is 1.32 bits per heavy atom. The first kappa shape index (κ1) is 16.3. The van der Waals surface area contributed by atoms with Gasteiger partial charge >= 0.3 is 0 Å². The van der Waals surface area contributed by atoms with E-state index in [1.807, 2.05) is 18.2 Å². The predicted molar refractivity (Wildman–Crippen MR) is 97.9 cm³/mol. The first-order valence-corrected chi connectivity index (χ1v) is 8.02. The van der Waals surface area contributed by atoms with Gasteiger partial charge in [-0.1, -0.05) is 77.4 Å². The Kier molecular flexibility index (Phi) is 5.77. The second-order valence-corrected chi connectivity index (χ2v) is 6.15. The van der Waals surface area contributed by atoms with Crippen molar-refractivity contribution in [3.05, 3.63) is 88.5 Å². The monoisotopic (exact) mass is 290 g/mol. The molecule has 0 bridgehead atoms. The fourth-order valence-electron chi connectivity index (χ4n) is 2.68. The van der Waals surface area contributed by atoms with E-state index < -0.39 is 0 Å². The highest BCUT2D eigenvalue weighted by molar-refractivity contribution is 5.79. The molecule has 0 nitrogen and oxygen atoms in total. The maximum Gasteiger partial charge on any atom is -0.0155 e. The largest absolute Gasteiger partial charge is 0.0724 e. The van der Waals surface area contributed by atoms with Crippen molar-refractivity contribution in [1.29, 1.82) is 0 Å². The second kappa shape index (κ2) is 7.79. The van der Waals surface area contributed by atoms with Gasteiger partial charge in [0.05, 0.1) is 0 Å². The van der Waals surface area contributed by atoms with Crippen molar-refractivity contribution in [3.63, 3.8) is 0 Å². The molecule has 0 saturated heterocycles. The summed E-state index contributed by atoms with van der Waals surface area (Å²) in [6.45, 7) is 8.75. The van der Waals surface area contributed by atoms with Crippen molar-refractivity contribution >= 4 is 5.57 Å². The molecule has 114 valence electrons. The van der Waals surface area contributed by atoms with Gasteiger partial charge in [-0.15, -0.1) is 0 Å². The zero-order valence-corrected chi connectivity index (χ0v) is 14.2. The number of hydrogen-bond acceptors (Lipinski definition) is 0. The van der Waals surface area contributed by atoms with E-state index in [2.05, 4.69) is 70.2 Å². The Bertz CT molecular complexity index is 672. The summed E-state index contributed by atoms with van der Waals surface area (Å²) < 4.78 is 0. The zero-order valence-electron chi connectivity index (χ0n) is 14.2. The Morgan fingerprint density at radius 1 is 0.682 bits per heavy atom. The molecule has 22 heavy (non-hydrogen) atoms. The van der Waals surface area contributed by atoms with Crippen molar-refractivity contribution < 1.29 is 0 Å². The van der Waals surface area contributed by atoms with E-state index >= 15 is 0 Å². The third-order valence-corrected chi connectivity index (χ3v) is 4.12. The van der Waals surface area contributed by atoms with E-state index in [0.717, 1.165) is 0 Å². The fourth-order valence-corrected chi connectivity index (χ4v) is 2.68. The molecule has 0 amide bonds. The fraction of sp³-hybridized carbons (Fsp3) is 0.273. The van der Waals surface area contributed by atoms with E-state index in [4.69, 9.17) is 0 Å². The smallest absolute Gasteiger partial charge is 0.0155 e. The highest BCUT2D eigenvalue weighted by atomic mass is 14.2. The Morgan fingerprint density at radius 3 is 1.91 bits per heavy atom. The summed E-state index contributed by atoms with van der Waals surface area (Å²) in [5.74, 6) is 0. The zero-order chi connectivity index (χ0) is 15.9. The van der Waals surface area contributed by atoms with Crippen LogP contribution in [0.15, 0.2) is 71.8 Å². The van der Waals surface area contributed by atoms with Crippen LogP contribution in [0.1, 0.15) is 43.4 Å². The van der Waals surface area contributed by atoms with Crippen LogP contribution in [0.25, 0.3) is 5.57 Å². The summed E-state index contributed by atoms with van der Waals surface area (Å²) in [6.07, 6.45) is 4.79. The average Bonchev–Trinajstić information content (AvgIpc) is 2.52. The Labute approximate surface area is 135 Å². The normalized spacial score (nSPS) is 14.1. The van der Waals surface area contributed by atoms with Crippen molar-refractivity contribution in [1.82, 2.24) is 0 Å². The molecule has 0 atom stereocenters. The molecule has 0 aromatic heterocycles. The van der Waals surface area contributed by atoms with Crippen LogP contribution in [0, 0.1) is 13.8 Å². The van der Waals surface area contributed by atoms with Gasteiger partial charge in [0, 0.05) is 0 Å². The molecule has 0 heterocycles. The number of benzene rings is 2. The van der Waals surface area contributed by atoms with Crippen molar-refractivity contribution in [2.45, 2.75) is 40.5 Å². The molecule has 0 spiro atoms. The van der Waals surface area contributed by atoms with Gasteiger partial charge < -0.3 is 0 Å². The Balaban J connectivity index is 0.000000211. The minimum Gasteiger partial charge on any atom is -0.0724 e. The summed E-state index contributed by atoms with van der Waals surface area (Å²) in [4.78, 5) is 0. The van der Waals surface area contributed by atoms with Crippen LogP contribution in [0.3, 0.4) is 0 Å². The number of hydrogen-bond donors (Lipinski definition) is 0. The van der Waals surface area contributed by atoms with Gasteiger partial charge in [0.1, 0.15) is 0 Å². The lowest BCUT2D eigenvalue weighted by Gasteiger charge is -2.17. The minimum absolute atomic E-state index is 1.21. The summed E-state index contributed by atoms with van der Waals surface area (Å²) in [7, 11) is 0. The van der Waals surface area contributed by atoms with Crippen LogP contribution in [0.2, 0.25) is 0 Å². The molecule has 2 aromatic carbocycles. The van der Waals surface area contributed by atoms with Gasteiger partial charge in [-0.05, 0) is 57.2 Å². The van der Waals surface area contributed by atoms with Gasteiger partial charge in [-0.3, -0.25) is 0 Å². The summed E-state index contributed by atoms with van der Waals surface area (Å²) in [6, 6.07) is 18.9. The summed E-state index contributed by atoms with van der Waals surface area (Å²) in [5, 5.41) is 0. The third-order valence-electron chi connectivity index (χ3n) is 4.12. The molecule has 2 aromatic rings. The molecule has 1 aliphatic rings. The molecule has 0 N–H and O–H groups in total. The van der Waals surface area contributed by atoms with E-state index in [1.165, 1.54) is 46.3 Å². The lowest BCUT2D eigenvalue weighted by Crippen LogP contribution is -1.96.